The van der Waals surface area contributed by atoms with Gasteiger partial charge in [0.05, 0.1) is 16.6 Å². The molecule has 2 aromatic rings. The Morgan fingerprint density at radius 1 is 1.14 bits per heavy atom. The average Bonchev–Trinajstić information content (AvgIpc) is 2.51. The third-order valence-electron chi connectivity index (χ3n) is 3.17. The fraction of sp³-hybridized carbons (Fsp3) is 0.200. The molecular weight excluding hydrogens is 354 g/mol. The van der Waals surface area contributed by atoms with Crippen molar-refractivity contribution in [1.82, 2.24) is 0 Å². The zero-order valence-corrected chi connectivity index (χ0v) is 13.6. The number of benzene rings is 2. The van der Waals surface area contributed by atoms with Crippen LogP contribution in [0.1, 0.15) is 5.56 Å². The lowest BCUT2D eigenvalue weighted by Gasteiger charge is -2.18. The second kappa shape index (κ2) is 6.07. The topological polar surface area (TPSA) is 61.6 Å². The van der Waals surface area contributed by atoms with E-state index in [9.17, 15) is 4.21 Å². The monoisotopic (exact) mass is 367 g/mol. The number of hydrogen-bond donors (Lipinski definition) is 1. The lowest BCUT2D eigenvalue weighted by molar-refractivity contribution is 0.171. The molecule has 110 valence electrons. The second-order valence-electron chi connectivity index (χ2n) is 4.62. The molecule has 4 nitrogen and oxygen atoms in total. The lowest BCUT2D eigenvalue weighted by atomic mass is 10.2. The van der Waals surface area contributed by atoms with E-state index in [1.54, 1.807) is 18.2 Å². The van der Waals surface area contributed by atoms with Gasteiger partial charge in [-0.1, -0.05) is 12.1 Å². The molecule has 2 aromatic carbocycles. The third-order valence-corrected chi connectivity index (χ3v) is 5.49. The van der Waals surface area contributed by atoms with Crippen molar-refractivity contribution >= 4 is 32.4 Å². The first-order chi connectivity index (χ1) is 10.1. The molecule has 0 fully saturated rings. The Hall–Kier alpha value is -1.53. The number of anilines is 1. The van der Waals surface area contributed by atoms with Crippen LogP contribution in [-0.4, -0.2) is 17.4 Å². The van der Waals surface area contributed by atoms with Crippen LogP contribution < -0.4 is 15.2 Å². The van der Waals surface area contributed by atoms with E-state index >= 15 is 0 Å². The molecule has 1 unspecified atom stereocenters. The summed E-state index contributed by atoms with van der Waals surface area (Å²) in [5.74, 6) is 1.75. The fourth-order valence-electron chi connectivity index (χ4n) is 2.10. The minimum absolute atomic E-state index is 0.394. The van der Waals surface area contributed by atoms with Crippen molar-refractivity contribution in [2.24, 2.45) is 0 Å². The Morgan fingerprint density at radius 3 is 2.71 bits per heavy atom. The minimum Gasteiger partial charge on any atom is -0.486 e. The number of nitrogen functional groups attached to an aromatic ring is 1. The van der Waals surface area contributed by atoms with E-state index in [2.05, 4.69) is 15.9 Å². The molecule has 1 aliphatic heterocycles. The Balaban J connectivity index is 1.84. The SMILES string of the molecule is Nc1cccc(CS(=O)c2ccc3c(c2)OCCO3)c1Br. The standard InChI is InChI=1S/C15H14BrNO3S/c16-15-10(2-1-3-12(15)17)9-21(18)11-4-5-13-14(8-11)20-7-6-19-13/h1-5,8H,6-7,9,17H2. The summed E-state index contributed by atoms with van der Waals surface area (Å²) in [5.41, 5.74) is 7.41. The Morgan fingerprint density at radius 2 is 1.90 bits per heavy atom. The first-order valence-electron chi connectivity index (χ1n) is 6.46. The van der Waals surface area contributed by atoms with Gasteiger partial charge < -0.3 is 15.2 Å². The van der Waals surface area contributed by atoms with Crippen LogP contribution in [0.2, 0.25) is 0 Å². The summed E-state index contributed by atoms with van der Waals surface area (Å²) in [6.07, 6.45) is 0. The van der Waals surface area contributed by atoms with Crippen LogP contribution in [0.4, 0.5) is 5.69 Å². The summed E-state index contributed by atoms with van der Waals surface area (Å²) in [5, 5.41) is 0. The molecular formula is C15H14BrNO3S. The number of halogens is 1. The molecule has 0 spiro atoms. The van der Waals surface area contributed by atoms with Crippen molar-refractivity contribution in [3.8, 4) is 11.5 Å². The number of nitrogens with two attached hydrogens (primary N) is 1. The molecule has 0 saturated carbocycles. The van der Waals surface area contributed by atoms with Crippen molar-refractivity contribution in [2.45, 2.75) is 10.6 Å². The van der Waals surface area contributed by atoms with Crippen molar-refractivity contribution in [2.75, 3.05) is 18.9 Å². The minimum atomic E-state index is -1.17. The van der Waals surface area contributed by atoms with Gasteiger partial charge in [-0.2, -0.15) is 0 Å². The number of hydrogen-bond acceptors (Lipinski definition) is 4. The molecule has 0 aromatic heterocycles. The average molecular weight is 368 g/mol. The highest BCUT2D eigenvalue weighted by atomic mass is 79.9. The highest BCUT2D eigenvalue weighted by molar-refractivity contribution is 9.10. The predicted molar refractivity (Wildman–Crippen MR) is 86.1 cm³/mol. The lowest BCUT2D eigenvalue weighted by Crippen LogP contribution is -2.15. The third kappa shape index (κ3) is 3.06. The van der Waals surface area contributed by atoms with Gasteiger partial charge in [-0.05, 0) is 39.7 Å². The summed E-state index contributed by atoms with van der Waals surface area (Å²) in [4.78, 5) is 0.716. The van der Waals surface area contributed by atoms with Crippen molar-refractivity contribution < 1.29 is 13.7 Å². The molecule has 0 amide bonds. The van der Waals surface area contributed by atoms with Crippen LogP contribution in [0.15, 0.2) is 45.8 Å². The fourth-order valence-corrected chi connectivity index (χ4v) is 3.84. The summed E-state index contributed by atoms with van der Waals surface area (Å²) < 4.78 is 24.3. The van der Waals surface area contributed by atoms with Crippen LogP contribution in [0.5, 0.6) is 11.5 Å². The Bertz CT molecular complexity index is 705. The summed E-state index contributed by atoms with van der Waals surface area (Å²) in [6, 6.07) is 11.0. The van der Waals surface area contributed by atoms with Crippen LogP contribution in [0.3, 0.4) is 0 Å². The van der Waals surface area contributed by atoms with Gasteiger partial charge in [-0.15, -0.1) is 0 Å². The van der Waals surface area contributed by atoms with Gasteiger partial charge in [0.15, 0.2) is 11.5 Å². The number of ether oxygens (including phenoxy) is 2. The van der Waals surface area contributed by atoms with E-state index in [1.165, 1.54) is 0 Å². The van der Waals surface area contributed by atoms with Gasteiger partial charge in [0, 0.05) is 21.1 Å². The van der Waals surface area contributed by atoms with Gasteiger partial charge in [0.2, 0.25) is 0 Å². The number of rotatable bonds is 3. The summed E-state index contributed by atoms with van der Waals surface area (Å²) in [6.45, 7) is 1.07. The molecule has 1 heterocycles. The zero-order valence-electron chi connectivity index (χ0n) is 11.2. The molecule has 6 heteroatoms. The molecule has 1 atom stereocenters. The van der Waals surface area contributed by atoms with E-state index in [4.69, 9.17) is 15.2 Å². The number of fused-ring (bicyclic) bond motifs is 1. The quantitative estimate of drug-likeness (QED) is 0.846. The molecule has 1 aliphatic rings. The zero-order chi connectivity index (χ0) is 14.8. The normalized spacial score (nSPS) is 14.7. The first-order valence-corrected chi connectivity index (χ1v) is 8.57. The van der Waals surface area contributed by atoms with Gasteiger partial charge in [0.1, 0.15) is 13.2 Å². The van der Waals surface area contributed by atoms with Gasteiger partial charge >= 0.3 is 0 Å². The van der Waals surface area contributed by atoms with Crippen LogP contribution >= 0.6 is 15.9 Å². The molecule has 0 radical (unpaired) electrons. The Kier molecular flexibility index (Phi) is 4.17. The molecule has 21 heavy (non-hydrogen) atoms. The van der Waals surface area contributed by atoms with Crippen LogP contribution in [0.25, 0.3) is 0 Å². The van der Waals surface area contributed by atoms with Gasteiger partial charge in [0.25, 0.3) is 0 Å². The van der Waals surface area contributed by atoms with E-state index < -0.39 is 10.8 Å². The molecule has 2 N–H and O–H groups in total. The molecule has 0 saturated heterocycles. The van der Waals surface area contributed by atoms with Crippen LogP contribution in [-0.2, 0) is 16.6 Å². The Labute approximate surface area is 133 Å². The maximum absolute atomic E-state index is 12.5. The van der Waals surface area contributed by atoms with Crippen molar-refractivity contribution in [3.05, 3.63) is 46.4 Å². The largest absolute Gasteiger partial charge is 0.486 e. The van der Waals surface area contributed by atoms with E-state index in [-0.39, 0.29) is 0 Å². The van der Waals surface area contributed by atoms with E-state index in [0.717, 1.165) is 10.0 Å². The maximum Gasteiger partial charge on any atom is 0.162 e. The summed E-state index contributed by atoms with van der Waals surface area (Å²) in [7, 11) is -1.17. The van der Waals surface area contributed by atoms with Gasteiger partial charge in [-0.25, -0.2) is 0 Å². The highest BCUT2D eigenvalue weighted by Crippen LogP contribution is 2.33. The molecule has 3 rings (SSSR count). The van der Waals surface area contributed by atoms with Crippen LogP contribution in [0, 0.1) is 0 Å². The van der Waals surface area contributed by atoms with E-state index in [1.807, 2.05) is 18.2 Å². The smallest absolute Gasteiger partial charge is 0.162 e. The van der Waals surface area contributed by atoms with E-state index in [0.29, 0.717) is 41.0 Å². The second-order valence-corrected chi connectivity index (χ2v) is 6.86. The van der Waals surface area contributed by atoms with Crippen molar-refractivity contribution in [3.63, 3.8) is 0 Å². The molecule has 0 aliphatic carbocycles. The van der Waals surface area contributed by atoms with Crippen molar-refractivity contribution in [1.29, 1.82) is 0 Å². The maximum atomic E-state index is 12.5. The first kappa shape index (κ1) is 14.4. The summed E-state index contributed by atoms with van der Waals surface area (Å²) >= 11 is 3.44. The van der Waals surface area contributed by atoms with Gasteiger partial charge in [-0.3, -0.25) is 4.21 Å². The highest BCUT2D eigenvalue weighted by Gasteiger charge is 2.15. The molecule has 0 bridgehead atoms. The predicted octanol–water partition coefficient (Wildman–Crippen LogP) is 3.11.